The molecular formula is C24H28ClN5OS. The average Bonchev–Trinajstić information content (AvgIpc) is 3.00. The fourth-order valence-electron chi connectivity index (χ4n) is 4.60. The quantitative estimate of drug-likeness (QED) is 0.328. The van der Waals surface area contributed by atoms with E-state index in [0.29, 0.717) is 29.2 Å². The van der Waals surface area contributed by atoms with E-state index in [-0.39, 0.29) is 11.0 Å². The lowest BCUT2D eigenvalue weighted by Crippen LogP contribution is -2.39. The number of nitrogens with zero attached hydrogens (tertiary/aromatic N) is 4. The Morgan fingerprint density at radius 2 is 1.88 bits per heavy atom. The summed E-state index contributed by atoms with van der Waals surface area (Å²) in [6.45, 7) is 9.12. The second-order valence-corrected chi connectivity index (χ2v) is 9.58. The first-order valence-corrected chi connectivity index (χ1v) is 11.6. The number of benzene rings is 2. The maximum atomic E-state index is 11.1. The Bertz CT molecular complexity index is 1160. The summed E-state index contributed by atoms with van der Waals surface area (Å²) in [6, 6.07) is 13.4. The van der Waals surface area contributed by atoms with Crippen molar-refractivity contribution in [3.8, 4) is 5.88 Å². The zero-order valence-electron chi connectivity index (χ0n) is 18.5. The van der Waals surface area contributed by atoms with E-state index < -0.39 is 0 Å². The highest BCUT2D eigenvalue weighted by molar-refractivity contribution is 7.80. The molecule has 168 valence electrons. The first-order chi connectivity index (χ1) is 15.3. The fourth-order valence-corrected chi connectivity index (χ4v) is 4.92. The van der Waals surface area contributed by atoms with Gasteiger partial charge in [-0.1, -0.05) is 49.7 Å². The number of thiocarbonyl (C=S) groups is 1. The van der Waals surface area contributed by atoms with Crippen LogP contribution in [0.1, 0.15) is 25.8 Å². The molecular weight excluding hydrogens is 442 g/mol. The van der Waals surface area contributed by atoms with E-state index in [9.17, 15) is 5.11 Å². The Hall–Kier alpha value is -2.48. The number of rotatable bonds is 4. The lowest BCUT2D eigenvalue weighted by molar-refractivity contribution is 0.108. The minimum Gasteiger partial charge on any atom is -0.493 e. The van der Waals surface area contributed by atoms with Crippen molar-refractivity contribution in [3.05, 3.63) is 53.1 Å². The molecule has 0 aliphatic carbocycles. The van der Waals surface area contributed by atoms with Crippen molar-refractivity contribution in [2.24, 2.45) is 22.1 Å². The summed E-state index contributed by atoms with van der Waals surface area (Å²) >= 11 is 11.5. The molecule has 1 aromatic heterocycles. The van der Waals surface area contributed by atoms with Gasteiger partial charge < -0.3 is 10.4 Å². The molecule has 0 bridgehead atoms. The second kappa shape index (κ2) is 9.57. The zero-order chi connectivity index (χ0) is 22.8. The number of fused-ring (bicyclic) bond motifs is 1. The van der Waals surface area contributed by atoms with Crippen molar-refractivity contribution in [1.82, 2.24) is 9.47 Å². The molecule has 1 saturated heterocycles. The van der Waals surface area contributed by atoms with Gasteiger partial charge in [0.2, 0.25) is 11.0 Å². The second-order valence-electron chi connectivity index (χ2n) is 8.78. The fraction of sp³-hybridized carbons (Fsp3) is 0.375. The SMILES string of the molecule is Cc1c(Cl)cccc1NC(=S)N=Nc1c(O)n(CN2C[C@H](C)C[C@H](C)C2)c2ccccc12. The number of anilines is 1. The predicted molar refractivity (Wildman–Crippen MR) is 135 cm³/mol. The first kappa shape index (κ1) is 22.7. The van der Waals surface area contributed by atoms with E-state index >= 15 is 0 Å². The summed E-state index contributed by atoms with van der Waals surface area (Å²) in [6.07, 6.45) is 1.24. The smallest absolute Gasteiger partial charge is 0.221 e. The third kappa shape index (κ3) is 4.80. The van der Waals surface area contributed by atoms with Gasteiger partial charge in [-0.05, 0) is 61.2 Å². The van der Waals surface area contributed by atoms with Crippen LogP contribution in [0.15, 0.2) is 52.7 Å². The van der Waals surface area contributed by atoms with Crippen molar-refractivity contribution in [2.45, 2.75) is 33.9 Å². The molecule has 2 N–H and O–H groups in total. The summed E-state index contributed by atoms with van der Waals surface area (Å²) in [5, 5.41) is 24.3. The van der Waals surface area contributed by atoms with Gasteiger partial charge in [0.25, 0.3) is 0 Å². The van der Waals surface area contributed by atoms with Gasteiger partial charge in [0.1, 0.15) is 0 Å². The highest BCUT2D eigenvalue weighted by atomic mass is 35.5. The minimum absolute atomic E-state index is 0.0996. The lowest BCUT2D eigenvalue weighted by atomic mass is 9.92. The molecule has 8 heteroatoms. The van der Waals surface area contributed by atoms with Crippen LogP contribution < -0.4 is 5.32 Å². The van der Waals surface area contributed by atoms with E-state index in [4.69, 9.17) is 23.8 Å². The van der Waals surface area contributed by atoms with Crippen LogP contribution in [-0.4, -0.2) is 32.8 Å². The Morgan fingerprint density at radius 3 is 2.62 bits per heavy atom. The molecule has 0 amide bonds. The van der Waals surface area contributed by atoms with Crippen LogP contribution in [0, 0.1) is 18.8 Å². The van der Waals surface area contributed by atoms with Crippen LogP contribution in [0.2, 0.25) is 5.02 Å². The van der Waals surface area contributed by atoms with Crippen molar-refractivity contribution >= 4 is 51.2 Å². The number of likely N-dealkylation sites (tertiary alicyclic amines) is 1. The van der Waals surface area contributed by atoms with Crippen LogP contribution in [0.4, 0.5) is 11.4 Å². The molecule has 2 aromatic carbocycles. The predicted octanol–water partition coefficient (Wildman–Crippen LogP) is 6.72. The van der Waals surface area contributed by atoms with Crippen LogP contribution >= 0.6 is 23.8 Å². The summed E-state index contributed by atoms with van der Waals surface area (Å²) in [4.78, 5) is 2.39. The molecule has 3 aromatic rings. The summed E-state index contributed by atoms with van der Waals surface area (Å²) < 4.78 is 1.91. The van der Waals surface area contributed by atoms with Crippen molar-refractivity contribution in [2.75, 3.05) is 18.4 Å². The highest BCUT2D eigenvalue weighted by Gasteiger charge is 2.24. The van der Waals surface area contributed by atoms with E-state index in [1.165, 1.54) is 6.42 Å². The Balaban J connectivity index is 1.59. The zero-order valence-corrected chi connectivity index (χ0v) is 20.1. The largest absolute Gasteiger partial charge is 0.493 e. The van der Waals surface area contributed by atoms with Crippen LogP contribution in [0.25, 0.3) is 10.9 Å². The monoisotopic (exact) mass is 469 g/mol. The number of hydrogen-bond acceptors (Lipinski definition) is 4. The van der Waals surface area contributed by atoms with E-state index in [1.807, 2.05) is 54.0 Å². The van der Waals surface area contributed by atoms with E-state index in [2.05, 4.69) is 34.3 Å². The Labute approximate surface area is 198 Å². The third-order valence-corrected chi connectivity index (χ3v) is 6.55. The van der Waals surface area contributed by atoms with E-state index in [1.54, 1.807) is 0 Å². The molecule has 2 atom stereocenters. The molecule has 1 aliphatic rings. The van der Waals surface area contributed by atoms with Crippen LogP contribution in [0.5, 0.6) is 5.88 Å². The van der Waals surface area contributed by atoms with Gasteiger partial charge in [0.15, 0.2) is 5.69 Å². The van der Waals surface area contributed by atoms with Gasteiger partial charge in [-0.25, -0.2) is 0 Å². The summed E-state index contributed by atoms with van der Waals surface area (Å²) in [7, 11) is 0. The Morgan fingerprint density at radius 1 is 1.16 bits per heavy atom. The van der Waals surface area contributed by atoms with Crippen molar-refractivity contribution in [1.29, 1.82) is 0 Å². The third-order valence-electron chi connectivity index (χ3n) is 5.95. The normalized spacial score (nSPS) is 19.6. The topological polar surface area (TPSA) is 65.2 Å². The molecule has 2 heterocycles. The molecule has 32 heavy (non-hydrogen) atoms. The summed E-state index contributed by atoms with van der Waals surface area (Å²) in [5.74, 6) is 1.38. The Kier molecular flexibility index (Phi) is 6.79. The molecule has 0 radical (unpaired) electrons. The average molecular weight is 470 g/mol. The van der Waals surface area contributed by atoms with Gasteiger partial charge in [0, 0.05) is 29.2 Å². The maximum Gasteiger partial charge on any atom is 0.221 e. The molecule has 1 fully saturated rings. The molecule has 0 unspecified atom stereocenters. The number of piperidine rings is 1. The van der Waals surface area contributed by atoms with Crippen molar-refractivity contribution < 1.29 is 5.11 Å². The van der Waals surface area contributed by atoms with Gasteiger partial charge in [-0.3, -0.25) is 9.47 Å². The van der Waals surface area contributed by atoms with Gasteiger partial charge in [-0.15, -0.1) is 10.2 Å². The number of para-hydroxylation sites is 1. The van der Waals surface area contributed by atoms with Crippen molar-refractivity contribution in [3.63, 3.8) is 0 Å². The highest BCUT2D eigenvalue weighted by Crippen LogP contribution is 2.39. The molecule has 1 aliphatic heterocycles. The lowest BCUT2D eigenvalue weighted by Gasteiger charge is -2.35. The number of hydrogen-bond donors (Lipinski definition) is 2. The number of halogens is 1. The first-order valence-electron chi connectivity index (χ1n) is 10.8. The minimum atomic E-state index is 0.0996. The molecule has 6 nitrogen and oxygen atoms in total. The van der Waals surface area contributed by atoms with Gasteiger partial charge >= 0.3 is 0 Å². The number of azo groups is 1. The number of aromatic hydroxyl groups is 1. The van der Waals surface area contributed by atoms with E-state index in [0.717, 1.165) is 35.2 Å². The van der Waals surface area contributed by atoms with Crippen LogP contribution in [-0.2, 0) is 6.67 Å². The summed E-state index contributed by atoms with van der Waals surface area (Å²) in [5.41, 5.74) is 3.01. The standard InChI is InChI=1S/C24H28ClN5OS/c1-15-11-16(2)13-29(12-15)14-30-21-10-5-4-7-18(21)22(23(30)31)27-28-24(32)26-20-9-6-8-19(25)17(20)3/h4-10,15-16,31H,11-14H2,1-3H3,(H,26,32)/t15-,16+. The molecule has 4 rings (SSSR count). The molecule has 0 saturated carbocycles. The van der Waals surface area contributed by atoms with Crippen LogP contribution in [0.3, 0.4) is 0 Å². The molecule has 0 spiro atoms. The number of aromatic nitrogens is 1. The van der Waals surface area contributed by atoms with Gasteiger partial charge in [-0.2, -0.15) is 0 Å². The number of nitrogens with one attached hydrogen (secondary N) is 1. The van der Waals surface area contributed by atoms with Gasteiger partial charge in [0.05, 0.1) is 12.2 Å². The maximum absolute atomic E-state index is 11.1.